The average Bonchev–Trinajstić information content (AvgIpc) is 3.41. The summed E-state index contributed by atoms with van der Waals surface area (Å²) >= 11 is 0. The van der Waals surface area contributed by atoms with E-state index < -0.39 is 0 Å². The lowest BCUT2D eigenvalue weighted by molar-refractivity contribution is 0.0358. The van der Waals surface area contributed by atoms with Gasteiger partial charge in [-0.2, -0.15) is 0 Å². The predicted molar refractivity (Wildman–Crippen MR) is 136 cm³/mol. The molecule has 1 saturated heterocycles. The van der Waals surface area contributed by atoms with Crippen LogP contribution < -0.4 is 19.5 Å². The Balaban J connectivity index is 1.32. The minimum absolute atomic E-state index is 0.457. The van der Waals surface area contributed by atoms with E-state index in [-0.39, 0.29) is 0 Å². The molecular weight excluding hydrogens is 460 g/mol. The zero-order valence-electron chi connectivity index (χ0n) is 20.8. The molecule has 2 aromatic carbocycles. The van der Waals surface area contributed by atoms with Crippen LogP contribution in [0.5, 0.6) is 17.2 Å². The van der Waals surface area contributed by atoms with Crippen molar-refractivity contribution in [1.29, 1.82) is 0 Å². The van der Waals surface area contributed by atoms with Gasteiger partial charge in [-0.3, -0.25) is 4.90 Å². The Hall–Kier alpha value is -3.40. The van der Waals surface area contributed by atoms with E-state index in [1.54, 1.807) is 14.2 Å². The summed E-state index contributed by atoms with van der Waals surface area (Å²) in [5.41, 5.74) is 3.54. The second-order valence-corrected chi connectivity index (χ2v) is 8.72. The van der Waals surface area contributed by atoms with Crippen LogP contribution in [0.4, 0.5) is 11.5 Å². The number of nitrogens with zero attached hydrogens (tertiary/aromatic N) is 3. The molecule has 5 rings (SSSR count). The Labute approximate surface area is 211 Å². The first-order valence-corrected chi connectivity index (χ1v) is 12.2. The van der Waals surface area contributed by atoms with Crippen LogP contribution in [-0.4, -0.2) is 68.5 Å². The number of aromatic nitrogens is 2. The summed E-state index contributed by atoms with van der Waals surface area (Å²) in [6.07, 6.45) is 0.967. The molecule has 1 fully saturated rings. The molecule has 0 bridgehead atoms. The molecule has 1 aromatic heterocycles. The lowest BCUT2D eigenvalue weighted by Crippen LogP contribution is -2.37. The molecule has 0 aliphatic carbocycles. The first kappa shape index (κ1) is 24.3. The van der Waals surface area contributed by atoms with Crippen LogP contribution in [0.25, 0.3) is 11.4 Å². The van der Waals surface area contributed by atoms with Crippen LogP contribution in [0.1, 0.15) is 17.7 Å². The number of nitrogens with one attached hydrogen (secondary N) is 1. The molecule has 2 aliphatic rings. The van der Waals surface area contributed by atoms with Crippen LogP contribution in [0.15, 0.2) is 42.5 Å². The SMILES string of the molecule is COc1cc(Nc2nc(-c3cccc(OCCCN4CCOCC4)c3)nc3c2COC3)cc(OC)c1. The third-order valence-corrected chi connectivity index (χ3v) is 6.28. The van der Waals surface area contributed by atoms with E-state index in [2.05, 4.69) is 10.2 Å². The van der Waals surface area contributed by atoms with Crippen LogP contribution >= 0.6 is 0 Å². The number of ether oxygens (including phenoxy) is 5. The topological polar surface area (TPSA) is 87.2 Å². The molecule has 36 heavy (non-hydrogen) atoms. The van der Waals surface area contributed by atoms with Crippen molar-refractivity contribution in [3.63, 3.8) is 0 Å². The highest BCUT2D eigenvalue weighted by Gasteiger charge is 2.21. The molecule has 9 heteroatoms. The van der Waals surface area contributed by atoms with Gasteiger partial charge in [-0.1, -0.05) is 12.1 Å². The number of rotatable bonds is 10. The highest BCUT2D eigenvalue weighted by atomic mass is 16.5. The van der Waals surface area contributed by atoms with Gasteiger partial charge in [0.15, 0.2) is 5.82 Å². The van der Waals surface area contributed by atoms with Gasteiger partial charge >= 0.3 is 0 Å². The van der Waals surface area contributed by atoms with Crippen molar-refractivity contribution in [2.24, 2.45) is 0 Å². The van der Waals surface area contributed by atoms with E-state index in [9.17, 15) is 0 Å². The van der Waals surface area contributed by atoms with Gasteiger partial charge in [0, 0.05) is 54.6 Å². The predicted octanol–water partition coefficient (Wildman–Crippen LogP) is 4.04. The lowest BCUT2D eigenvalue weighted by Gasteiger charge is -2.26. The van der Waals surface area contributed by atoms with Gasteiger partial charge in [-0.05, 0) is 18.6 Å². The fraction of sp³-hybridized carbons (Fsp3) is 0.407. The fourth-order valence-corrected chi connectivity index (χ4v) is 4.33. The first-order chi connectivity index (χ1) is 17.7. The molecule has 2 aliphatic heterocycles. The number of methoxy groups -OCH3 is 2. The Morgan fingerprint density at radius 2 is 1.72 bits per heavy atom. The maximum atomic E-state index is 6.05. The first-order valence-electron chi connectivity index (χ1n) is 12.2. The average molecular weight is 493 g/mol. The number of benzene rings is 2. The van der Waals surface area contributed by atoms with E-state index in [0.717, 1.165) is 67.5 Å². The van der Waals surface area contributed by atoms with Crippen molar-refractivity contribution in [2.75, 3.05) is 59.0 Å². The summed E-state index contributed by atoms with van der Waals surface area (Å²) in [5, 5.41) is 3.42. The highest BCUT2D eigenvalue weighted by molar-refractivity contribution is 5.67. The Kier molecular flexibility index (Phi) is 7.80. The van der Waals surface area contributed by atoms with Crippen LogP contribution in [0.2, 0.25) is 0 Å². The number of fused-ring (bicyclic) bond motifs is 1. The molecule has 3 heterocycles. The molecule has 0 amide bonds. The summed E-state index contributed by atoms with van der Waals surface area (Å²) in [4.78, 5) is 12.1. The summed E-state index contributed by atoms with van der Waals surface area (Å²) in [7, 11) is 3.26. The Morgan fingerprint density at radius 1 is 0.917 bits per heavy atom. The van der Waals surface area contributed by atoms with Crippen molar-refractivity contribution in [2.45, 2.75) is 19.6 Å². The van der Waals surface area contributed by atoms with Gasteiger partial charge in [-0.15, -0.1) is 0 Å². The molecule has 0 saturated carbocycles. The number of morpholine rings is 1. The van der Waals surface area contributed by atoms with Crippen LogP contribution in [0.3, 0.4) is 0 Å². The second-order valence-electron chi connectivity index (χ2n) is 8.72. The van der Waals surface area contributed by atoms with Gasteiger partial charge < -0.3 is 29.0 Å². The molecular formula is C27H32N4O5. The third kappa shape index (κ3) is 5.87. The molecule has 0 spiro atoms. The summed E-state index contributed by atoms with van der Waals surface area (Å²) in [6, 6.07) is 13.6. The highest BCUT2D eigenvalue weighted by Crippen LogP contribution is 2.33. The normalized spacial score (nSPS) is 15.4. The van der Waals surface area contributed by atoms with E-state index in [4.69, 9.17) is 33.7 Å². The molecule has 0 atom stereocenters. The third-order valence-electron chi connectivity index (χ3n) is 6.28. The van der Waals surface area contributed by atoms with Crippen molar-refractivity contribution in [3.05, 3.63) is 53.7 Å². The molecule has 9 nitrogen and oxygen atoms in total. The minimum atomic E-state index is 0.457. The largest absolute Gasteiger partial charge is 0.497 e. The van der Waals surface area contributed by atoms with Gasteiger partial charge in [0.1, 0.15) is 23.1 Å². The Morgan fingerprint density at radius 3 is 2.50 bits per heavy atom. The van der Waals surface area contributed by atoms with E-state index >= 15 is 0 Å². The maximum Gasteiger partial charge on any atom is 0.162 e. The quantitative estimate of drug-likeness (QED) is 0.421. The zero-order chi connectivity index (χ0) is 24.7. The summed E-state index contributed by atoms with van der Waals surface area (Å²) in [6.45, 7) is 6.21. The standard InChI is InChI=1S/C27H32N4O5/c1-32-22-14-20(15-23(16-22)33-2)28-27-24-17-35-18-25(24)29-26(30-27)19-5-3-6-21(13-19)36-10-4-7-31-8-11-34-12-9-31/h3,5-6,13-16H,4,7-12,17-18H2,1-2H3,(H,28,29,30). The zero-order valence-corrected chi connectivity index (χ0v) is 20.8. The van der Waals surface area contributed by atoms with Gasteiger partial charge in [0.2, 0.25) is 0 Å². The maximum absolute atomic E-state index is 6.05. The monoisotopic (exact) mass is 492 g/mol. The summed E-state index contributed by atoms with van der Waals surface area (Å²) in [5.74, 6) is 3.52. The number of hydrogen-bond donors (Lipinski definition) is 1. The number of hydrogen-bond acceptors (Lipinski definition) is 9. The molecule has 0 unspecified atom stereocenters. The number of anilines is 2. The summed E-state index contributed by atoms with van der Waals surface area (Å²) < 4.78 is 28.0. The second kappa shape index (κ2) is 11.6. The van der Waals surface area contributed by atoms with Gasteiger partial charge in [-0.25, -0.2) is 9.97 Å². The van der Waals surface area contributed by atoms with E-state index in [1.807, 2.05) is 42.5 Å². The smallest absolute Gasteiger partial charge is 0.162 e. The van der Waals surface area contributed by atoms with Crippen molar-refractivity contribution in [1.82, 2.24) is 14.9 Å². The molecule has 190 valence electrons. The van der Waals surface area contributed by atoms with Crippen LogP contribution in [0, 0.1) is 0 Å². The molecule has 0 radical (unpaired) electrons. The Bertz CT molecular complexity index is 1160. The van der Waals surface area contributed by atoms with E-state index in [0.29, 0.717) is 43.0 Å². The van der Waals surface area contributed by atoms with Crippen molar-refractivity contribution < 1.29 is 23.7 Å². The van der Waals surface area contributed by atoms with Crippen molar-refractivity contribution >= 4 is 11.5 Å². The van der Waals surface area contributed by atoms with E-state index in [1.165, 1.54) is 0 Å². The molecule has 1 N–H and O–H groups in total. The van der Waals surface area contributed by atoms with Gasteiger partial charge in [0.25, 0.3) is 0 Å². The van der Waals surface area contributed by atoms with Crippen molar-refractivity contribution in [3.8, 4) is 28.6 Å². The molecule has 3 aromatic rings. The van der Waals surface area contributed by atoms with Crippen LogP contribution in [-0.2, 0) is 22.7 Å². The van der Waals surface area contributed by atoms with Gasteiger partial charge in [0.05, 0.1) is 52.9 Å². The minimum Gasteiger partial charge on any atom is -0.497 e. The fourth-order valence-electron chi connectivity index (χ4n) is 4.33. The lowest BCUT2D eigenvalue weighted by atomic mass is 10.1.